The van der Waals surface area contributed by atoms with E-state index in [1.807, 2.05) is 6.07 Å². The molecule has 30 heavy (non-hydrogen) atoms. The Kier molecular flexibility index (Phi) is 7.49. The lowest BCUT2D eigenvalue weighted by Crippen LogP contribution is -2.50. The predicted octanol–water partition coefficient (Wildman–Crippen LogP) is 2.06. The Labute approximate surface area is 178 Å². The van der Waals surface area contributed by atoms with Gasteiger partial charge in [-0.15, -0.1) is 0 Å². The second-order valence-electron chi connectivity index (χ2n) is 8.10. The molecule has 1 aliphatic carbocycles. The van der Waals surface area contributed by atoms with Gasteiger partial charge in [0.15, 0.2) is 0 Å². The monoisotopic (exact) mass is 438 g/mol. The van der Waals surface area contributed by atoms with Crippen molar-refractivity contribution in [2.45, 2.75) is 62.3 Å². The first-order valence-corrected chi connectivity index (χ1v) is 12.2. The van der Waals surface area contributed by atoms with Gasteiger partial charge in [0.25, 0.3) is 0 Å². The van der Waals surface area contributed by atoms with Gasteiger partial charge in [0, 0.05) is 6.04 Å². The van der Waals surface area contributed by atoms with Gasteiger partial charge in [-0.25, -0.2) is 17.9 Å². The summed E-state index contributed by atoms with van der Waals surface area (Å²) in [7, 11) is -2.27. The fraction of sp³-hybridized carbons (Fsp3) is 0.619. The zero-order chi connectivity index (χ0) is 21.7. The van der Waals surface area contributed by atoms with E-state index in [1.165, 1.54) is 17.6 Å². The van der Waals surface area contributed by atoms with Crippen LogP contribution in [0.2, 0.25) is 0 Å². The summed E-state index contributed by atoms with van der Waals surface area (Å²) in [5.41, 5.74) is 1.34. The summed E-state index contributed by atoms with van der Waals surface area (Å²) in [6.45, 7) is 0.146. The molecule has 0 aromatic heterocycles. The minimum absolute atomic E-state index is 0.0404. The number of carbonyl (C=O) groups excluding carboxylic acids is 2. The van der Waals surface area contributed by atoms with E-state index in [-0.39, 0.29) is 19.1 Å². The SMILES string of the molecule is COC(=O)N1[C@H](C=O)C[C@H](NS(C)(=O)=O)[C@@H]1COC1CCC(c2ccccc2)CC1. The summed E-state index contributed by atoms with van der Waals surface area (Å²) in [5, 5.41) is 0. The molecule has 1 aromatic rings. The molecule has 2 aliphatic rings. The van der Waals surface area contributed by atoms with Gasteiger partial charge in [-0.1, -0.05) is 30.3 Å². The first-order chi connectivity index (χ1) is 14.3. The van der Waals surface area contributed by atoms with Crippen molar-refractivity contribution in [2.24, 2.45) is 0 Å². The molecular formula is C21H30N2O6S. The Hall–Kier alpha value is -1.97. The quantitative estimate of drug-likeness (QED) is 0.654. The van der Waals surface area contributed by atoms with Crippen LogP contribution in [0.5, 0.6) is 0 Å². The first kappa shape index (κ1) is 22.7. The predicted molar refractivity (Wildman–Crippen MR) is 112 cm³/mol. The van der Waals surface area contributed by atoms with Crippen LogP contribution in [-0.4, -0.2) is 69.9 Å². The molecule has 1 N–H and O–H groups in total. The van der Waals surface area contributed by atoms with Crippen LogP contribution in [0, 0.1) is 0 Å². The number of aldehydes is 1. The minimum atomic E-state index is -3.51. The van der Waals surface area contributed by atoms with Gasteiger partial charge < -0.3 is 14.3 Å². The number of rotatable bonds is 7. The number of nitrogens with one attached hydrogen (secondary N) is 1. The molecule has 2 fully saturated rings. The third-order valence-electron chi connectivity index (χ3n) is 6.03. The zero-order valence-corrected chi connectivity index (χ0v) is 18.2. The largest absolute Gasteiger partial charge is 0.453 e. The molecule has 1 amide bonds. The van der Waals surface area contributed by atoms with Crippen LogP contribution in [0.3, 0.4) is 0 Å². The van der Waals surface area contributed by atoms with Crippen LogP contribution in [-0.2, 0) is 24.3 Å². The molecule has 0 bridgehead atoms. The molecule has 166 valence electrons. The number of carbonyl (C=O) groups is 2. The van der Waals surface area contributed by atoms with Crippen LogP contribution < -0.4 is 4.72 Å². The van der Waals surface area contributed by atoms with Gasteiger partial charge >= 0.3 is 6.09 Å². The number of hydrogen-bond donors (Lipinski definition) is 1. The molecule has 9 heteroatoms. The Morgan fingerprint density at radius 2 is 1.87 bits per heavy atom. The topological polar surface area (TPSA) is 102 Å². The van der Waals surface area contributed by atoms with Gasteiger partial charge in [-0.3, -0.25) is 4.90 Å². The van der Waals surface area contributed by atoms with E-state index in [0.717, 1.165) is 31.9 Å². The zero-order valence-electron chi connectivity index (χ0n) is 17.4. The normalized spacial score (nSPS) is 29.5. The summed E-state index contributed by atoms with van der Waals surface area (Å²) >= 11 is 0. The smallest absolute Gasteiger partial charge is 0.410 e. The van der Waals surface area contributed by atoms with Crippen molar-refractivity contribution in [3.8, 4) is 0 Å². The van der Waals surface area contributed by atoms with Crippen molar-refractivity contribution < 1.29 is 27.5 Å². The number of sulfonamides is 1. The number of methoxy groups -OCH3 is 1. The van der Waals surface area contributed by atoms with E-state index in [9.17, 15) is 18.0 Å². The standard InChI is InChI=1S/C21H30N2O6S/c1-28-21(25)23-17(13-24)12-19(22-30(2,26)27)20(23)14-29-18-10-8-16(9-11-18)15-6-4-3-5-7-15/h3-7,13,16-20,22H,8-12,14H2,1-2H3/t16?,17-,18?,19-,20-/m0/s1. The summed E-state index contributed by atoms with van der Waals surface area (Å²) in [6.07, 6.45) is 5.11. The molecule has 0 radical (unpaired) electrons. The van der Waals surface area contributed by atoms with Gasteiger partial charge in [-0.2, -0.15) is 0 Å². The molecular weight excluding hydrogens is 408 g/mol. The second-order valence-corrected chi connectivity index (χ2v) is 9.88. The summed E-state index contributed by atoms with van der Waals surface area (Å²) < 4.78 is 37.0. The van der Waals surface area contributed by atoms with Gasteiger partial charge in [0.05, 0.1) is 38.2 Å². The van der Waals surface area contributed by atoms with Crippen molar-refractivity contribution >= 4 is 22.4 Å². The molecule has 1 aromatic carbocycles. The number of amides is 1. The Balaban J connectivity index is 1.63. The summed E-state index contributed by atoms with van der Waals surface area (Å²) in [6, 6.07) is 8.47. The number of nitrogens with zero attached hydrogens (tertiary/aromatic N) is 1. The molecule has 1 saturated heterocycles. The van der Waals surface area contributed by atoms with Crippen LogP contribution in [0.15, 0.2) is 30.3 Å². The highest BCUT2D eigenvalue weighted by molar-refractivity contribution is 7.88. The second kappa shape index (κ2) is 9.89. The number of benzene rings is 1. The summed E-state index contributed by atoms with van der Waals surface area (Å²) in [4.78, 5) is 25.1. The van der Waals surface area contributed by atoms with Crippen LogP contribution in [0.1, 0.15) is 43.6 Å². The van der Waals surface area contributed by atoms with Crippen molar-refractivity contribution in [3.05, 3.63) is 35.9 Å². The van der Waals surface area contributed by atoms with Crippen molar-refractivity contribution in [1.82, 2.24) is 9.62 Å². The fourth-order valence-electron chi connectivity index (χ4n) is 4.59. The lowest BCUT2D eigenvalue weighted by molar-refractivity contribution is -0.111. The maximum Gasteiger partial charge on any atom is 0.410 e. The van der Waals surface area contributed by atoms with E-state index in [2.05, 4.69) is 29.0 Å². The number of hydrogen-bond acceptors (Lipinski definition) is 6. The van der Waals surface area contributed by atoms with E-state index < -0.39 is 34.2 Å². The highest BCUT2D eigenvalue weighted by Crippen LogP contribution is 2.34. The number of ether oxygens (including phenoxy) is 2. The maximum absolute atomic E-state index is 12.3. The van der Waals surface area contributed by atoms with Gasteiger partial charge in [-0.05, 0) is 43.6 Å². The van der Waals surface area contributed by atoms with Crippen LogP contribution in [0.4, 0.5) is 4.79 Å². The third kappa shape index (κ3) is 5.59. The average Bonchev–Trinajstić information content (AvgIpc) is 3.08. The molecule has 1 heterocycles. The van der Waals surface area contributed by atoms with E-state index in [1.54, 1.807) is 0 Å². The number of likely N-dealkylation sites (tertiary alicyclic amines) is 1. The maximum atomic E-state index is 12.3. The van der Waals surface area contributed by atoms with Gasteiger partial charge in [0.2, 0.25) is 10.0 Å². The van der Waals surface area contributed by atoms with E-state index in [4.69, 9.17) is 9.47 Å². The molecule has 3 rings (SSSR count). The highest BCUT2D eigenvalue weighted by Gasteiger charge is 2.46. The van der Waals surface area contributed by atoms with E-state index in [0.29, 0.717) is 12.2 Å². The van der Waals surface area contributed by atoms with Crippen molar-refractivity contribution in [3.63, 3.8) is 0 Å². The minimum Gasteiger partial charge on any atom is -0.453 e. The molecule has 0 unspecified atom stereocenters. The third-order valence-corrected chi connectivity index (χ3v) is 6.76. The lowest BCUT2D eigenvalue weighted by Gasteiger charge is -2.33. The van der Waals surface area contributed by atoms with Crippen molar-refractivity contribution in [1.29, 1.82) is 0 Å². The molecule has 8 nitrogen and oxygen atoms in total. The lowest BCUT2D eigenvalue weighted by atomic mass is 9.83. The first-order valence-electron chi connectivity index (χ1n) is 10.3. The fourth-order valence-corrected chi connectivity index (χ4v) is 5.39. The molecule has 1 aliphatic heterocycles. The highest BCUT2D eigenvalue weighted by atomic mass is 32.2. The van der Waals surface area contributed by atoms with Gasteiger partial charge in [0.1, 0.15) is 6.29 Å². The Bertz CT molecular complexity index is 823. The van der Waals surface area contributed by atoms with Crippen molar-refractivity contribution in [2.75, 3.05) is 20.0 Å². The van der Waals surface area contributed by atoms with Crippen LogP contribution >= 0.6 is 0 Å². The Morgan fingerprint density at radius 1 is 1.20 bits per heavy atom. The van der Waals surface area contributed by atoms with E-state index >= 15 is 0 Å². The molecule has 0 spiro atoms. The molecule has 3 atom stereocenters. The average molecular weight is 439 g/mol. The summed E-state index contributed by atoms with van der Waals surface area (Å²) in [5.74, 6) is 0.517. The molecule has 1 saturated carbocycles. The van der Waals surface area contributed by atoms with Crippen LogP contribution in [0.25, 0.3) is 0 Å². The Morgan fingerprint density at radius 3 is 2.43 bits per heavy atom.